The Kier molecular flexibility index (Phi) is 4.02. The van der Waals surface area contributed by atoms with Gasteiger partial charge in [0.15, 0.2) is 0 Å². The summed E-state index contributed by atoms with van der Waals surface area (Å²) in [5, 5.41) is 4.31. The van der Waals surface area contributed by atoms with Crippen LogP contribution < -0.4 is 10.6 Å². The van der Waals surface area contributed by atoms with Gasteiger partial charge in [-0.2, -0.15) is 5.10 Å². The fraction of sp³-hybridized carbons (Fsp3) is 0.375. The van der Waals surface area contributed by atoms with E-state index in [0.29, 0.717) is 5.69 Å². The molecule has 0 saturated heterocycles. The summed E-state index contributed by atoms with van der Waals surface area (Å²) in [4.78, 5) is 14.1. The van der Waals surface area contributed by atoms with Gasteiger partial charge in [0.1, 0.15) is 6.54 Å². The molecule has 1 aromatic carbocycles. The maximum absolute atomic E-state index is 12.4. The molecule has 0 bridgehead atoms. The monoisotopic (exact) mass is 286 g/mol. The minimum atomic E-state index is -0.0226. The molecule has 0 radical (unpaired) electrons. The third-order valence-electron chi connectivity index (χ3n) is 3.69. The summed E-state index contributed by atoms with van der Waals surface area (Å²) in [6, 6.07) is 6.09. The van der Waals surface area contributed by atoms with Crippen molar-refractivity contribution < 1.29 is 4.79 Å². The number of hydrogen-bond donors (Lipinski definition) is 1. The molecule has 0 atom stereocenters. The number of aromatic nitrogens is 2. The molecule has 2 aromatic rings. The molecule has 2 N–H and O–H groups in total. The van der Waals surface area contributed by atoms with Crippen LogP contribution in [0.15, 0.2) is 18.2 Å². The zero-order valence-corrected chi connectivity index (χ0v) is 13.3. The summed E-state index contributed by atoms with van der Waals surface area (Å²) in [5.41, 5.74) is 11.3. The largest absolute Gasteiger partial charge is 0.396 e. The summed E-state index contributed by atoms with van der Waals surface area (Å²) in [6.45, 7) is 7.96. The Morgan fingerprint density at radius 3 is 2.24 bits per heavy atom. The van der Waals surface area contributed by atoms with Gasteiger partial charge in [0.2, 0.25) is 5.91 Å². The number of carbonyl (C=O) groups is 1. The van der Waals surface area contributed by atoms with E-state index in [0.717, 1.165) is 28.2 Å². The van der Waals surface area contributed by atoms with Crippen LogP contribution in [-0.2, 0) is 11.3 Å². The molecule has 5 heteroatoms. The van der Waals surface area contributed by atoms with Crippen LogP contribution in [0, 0.1) is 27.7 Å². The lowest BCUT2D eigenvalue weighted by Gasteiger charge is -2.19. The number of rotatable bonds is 3. The molecule has 112 valence electrons. The Labute approximate surface area is 125 Å². The molecule has 2 rings (SSSR count). The molecule has 0 aliphatic rings. The van der Waals surface area contributed by atoms with Crippen molar-refractivity contribution in [2.45, 2.75) is 34.2 Å². The number of nitrogen functional groups attached to an aromatic ring is 1. The zero-order chi connectivity index (χ0) is 15.7. The van der Waals surface area contributed by atoms with Gasteiger partial charge >= 0.3 is 0 Å². The van der Waals surface area contributed by atoms with Crippen LogP contribution in [0.4, 0.5) is 11.4 Å². The zero-order valence-electron chi connectivity index (χ0n) is 13.3. The minimum Gasteiger partial charge on any atom is -0.396 e. The van der Waals surface area contributed by atoms with Crippen molar-refractivity contribution in [3.05, 3.63) is 40.7 Å². The van der Waals surface area contributed by atoms with E-state index < -0.39 is 0 Å². The summed E-state index contributed by atoms with van der Waals surface area (Å²) in [5.74, 6) is -0.0226. The van der Waals surface area contributed by atoms with Gasteiger partial charge in [-0.15, -0.1) is 0 Å². The maximum Gasteiger partial charge on any atom is 0.248 e. The van der Waals surface area contributed by atoms with Crippen LogP contribution >= 0.6 is 0 Å². The lowest BCUT2D eigenvalue weighted by molar-refractivity contribution is -0.119. The van der Waals surface area contributed by atoms with Crippen molar-refractivity contribution in [2.75, 3.05) is 17.7 Å². The van der Waals surface area contributed by atoms with Crippen molar-refractivity contribution in [3.8, 4) is 0 Å². The number of likely N-dealkylation sites (N-methyl/N-ethyl adjacent to an activating group) is 1. The highest BCUT2D eigenvalue weighted by Gasteiger charge is 2.16. The molecule has 1 heterocycles. The van der Waals surface area contributed by atoms with Gasteiger partial charge in [-0.25, -0.2) is 0 Å². The van der Waals surface area contributed by atoms with Gasteiger partial charge in [0.05, 0.1) is 17.1 Å². The Morgan fingerprint density at radius 2 is 1.76 bits per heavy atom. The van der Waals surface area contributed by atoms with Crippen molar-refractivity contribution >= 4 is 17.3 Å². The van der Waals surface area contributed by atoms with Gasteiger partial charge in [-0.05, 0) is 51.0 Å². The van der Waals surface area contributed by atoms with Gasteiger partial charge in [0, 0.05) is 12.7 Å². The van der Waals surface area contributed by atoms with Crippen molar-refractivity contribution in [2.24, 2.45) is 0 Å². The van der Waals surface area contributed by atoms with E-state index in [9.17, 15) is 4.79 Å². The van der Waals surface area contributed by atoms with Crippen molar-refractivity contribution in [1.29, 1.82) is 0 Å². The molecule has 21 heavy (non-hydrogen) atoms. The fourth-order valence-corrected chi connectivity index (χ4v) is 2.39. The number of anilines is 2. The average molecular weight is 286 g/mol. The van der Waals surface area contributed by atoms with Crippen LogP contribution in [0.3, 0.4) is 0 Å². The first-order valence-corrected chi connectivity index (χ1v) is 6.94. The molecular weight excluding hydrogens is 264 g/mol. The number of hydrogen-bond acceptors (Lipinski definition) is 3. The van der Waals surface area contributed by atoms with Crippen molar-refractivity contribution in [1.82, 2.24) is 9.78 Å². The van der Waals surface area contributed by atoms with Crippen molar-refractivity contribution in [3.63, 3.8) is 0 Å². The van der Waals surface area contributed by atoms with Crippen LogP contribution in [-0.4, -0.2) is 22.7 Å². The highest BCUT2D eigenvalue weighted by molar-refractivity contribution is 5.92. The standard InChI is InChI=1S/C16H22N4O/c1-10-6-11(2)8-14(7-10)19(5)15(21)9-20-13(4)16(17)12(3)18-20/h6-8H,9,17H2,1-5H3. The first kappa shape index (κ1) is 15.1. The molecule has 0 aliphatic carbocycles. The molecule has 0 fully saturated rings. The molecule has 0 aliphatic heterocycles. The first-order valence-electron chi connectivity index (χ1n) is 6.94. The average Bonchev–Trinajstić information content (AvgIpc) is 2.64. The molecule has 1 aromatic heterocycles. The van der Waals surface area contributed by atoms with E-state index in [4.69, 9.17) is 5.73 Å². The highest BCUT2D eigenvalue weighted by Crippen LogP contribution is 2.19. The smallest absolute Gasteiger partial charge is 0.248 e. The van der Waals surface area contributed by atoms with Crippen LogP contribution in [0.1, 0.15) is 22.5 Å². The quantitative estimate of drug-likeness (QED) is 0.942. The third-order valence-corrected chi connectivity index (χ3v) is 3.69. The molecule has 5 nitrogen and oxygen atoms in total. The summed E-state index contributed by atoms with van der Waals surface area (Å²) >= 11 is 0. The van der Waals surface area contributed by atoms with E-state index in [1.54, 1.807) is 16.6 Å². The highest BCUT2D eigenvalue weighted by atomic mass is 16.2. The predicted molar refractivity (Wildman–Crippen MR) is 85.4 cm³/mol. The Balaban J connectivity index is 2.21. The Hall–Kier alpha value is -2.30. The molecule has 1 amide bonds. The third kappa shape index (κ3) is 3.07. The second-order valence-electron chi connectivity index (χ2n) is 5.54. The number of benzene rings is 1. The Bertz CT molecular complexity index is 668. The van der Waals surface area contributed by atoms with E-state index in [-0.39, 0.29) is 12.5 Å². The van der Waals surface area contributed by atoms with Crippen LogP contribution in [0.2, 0.25) is 0 Å². The van der Waals surface area contributed by atoms with Gasteiger partial charge in [-0.3, -0.25) is 9.48 Å². The topological polar surface area (TPSA) is 64.2 Å². The maximum atomic E-state index is 12.4. The summed E-state index contributed by atoms with van der Waals surface area (Å²) < 4.78 is 1.66. The Morgan fingerprint density at radius 1 is 1.19 bits per heavy atom. The fourth-order valence-electron chi connectivity index (χ4n) is 2.39. The number of nitrogens with two attached hydrogens (primary N) is 1. The van der Waals surface area contributed by atoms with E-state index in [1.807, 2.05) is 39.8 Å². The van der Waals surface area contributed by atoms with E-state index in [2.05, 4.69) is 11.2 Å². The molecule has 0 unspecified atom stereocenters. The summed E-state index contributed by atoms with van der Waals surface area (Å²) in [6.07, 6.45) is 0. The number of nitrogens with zero attached hydrogens (tertiary/aromatic N) is 3. The lowest BCUT2D eigenvalue weighted by Crippen LogP contribution is -2.30. The van der Waals surface area contributed by atoms with Crippen LogP contribution in [0.25, 0.3) is 0 Å². The predicted octanol–water partition coefficient (Wildman–Crippen LogP) is 2.36. The van der Waals surface area contributed by atoms with Crippen LogP contribution in [0.5, 0.6) is 0 Å². The molecule has 0 saturated carbocycles. The second-order valence-corrected chi connectivity index (χ2v) is 5.54. The van der Waals surface area contributed by atoms with E-state index in [1.165, 1.54) is 0 Å². The van der Waals surface area contributed by atoms with E-state index >= 15 is 0 Å². The van der Waals surface area contributed by atoms with Gasteiger partial charge in [0.25, 0.3) is 0 Å². The SMILES string of the molecule is Cc1cc(C)cc(N(C)C(=O)Cn2nc(C)c(N)c2C)c1. The summed E-state index contributed by atoms with van der Waals surface area (Å²) in [7, 11) is 1.78. The minimum absolute atomic E-state index is 0.0226. The number of aryl methyl sites for hydroxylation is 3. The van der Waals surface area contributed by atoms with Gasteiger partial charge in [-0.1, -0.05) is 6.07 Å². The number of amides is 1. The second kappa shape index (κ2) is 5.60. The lowest BCUT2D eigenvalue weighted by atomic mass is 10.1. The molecular formula is C16H22N4O. The number of carbonyl (C=O) groups excluding carboxylic acids is 1. The molecule has 0 spiro atoms. The normalized spacial score (nSPS) is 10.7. The first-order chi connectivity index (χ1) is 9.79. The van der Waals surface area contributed by atoms with Gasteiger partial charge < -0.3 is 10.6 Å².